The Hall–Kier alpha value is -3.83. The molecule has 34 heavy (non-hydrogen) atoms. The Morgan fingerprint density at radius 2 is 1.85 bits per heavy atom. The van der Waals surface area contributed by atoms with Crippen LogP contribution in [0.25, 0.3) is 22.0 Å². The molecule has 0 bridgehead atoms. The van der Waals surface area contributed by atoms with Gasteiger partial charge in [0, 0.05) is 30.3 Å². The molecule has 0 fully saturated rings. The van der Waals surface area contributed by atoms with Crippen molar-refractivity contribution in [1.29, 1.82) is 0 Å². The average molecular weight is 484 g/mol. The number of nitrogens with two attached hydrogens (primary N) is 1. The molecular weight excluding hydrogens is 461 g/mol. The van der Waals surface area contributed by atoms with Gasteiger partial charge in [0.25, 0.3) is 0 Å². The van der Waals surface area contributed by atoms with Gasteiger partial charge in [-0.2, -0.15) is 0 Å². The van der Waals surface area contributed by atoms with Gasteiger partial charge in [-0.05, 0) is 42.8 Å². The number of rotatable bonds is 8. The second kappa shape index (κ2) is 9.57. The number of nitrogens with zero attached hydrogens (tertiary/aromatic N) is 3. The lowest BCUT2D eigenvalue weighted by molar-refractivity contribution is 0.217. The van der Waals surface area contributed by atoms with Gasteiger partial charge in [-0.3, -0.25) is 4.72 Å². The molecule has 2 aromatic carbocycles. The van der Waals surface area contributed by atoms with Gasteiger partial charge in [0.15, 0.2) is 0 Å². The van der Waals surface area contributed by atoms with Crippen molar-refractivity contribution in [2.45, 2.75) is 6.92 Å². The summed E-state index contributed by atoms with van der Waals surface area (Å²) in [4.78, 5) is 12.5. The molecule has 0 aliphatic heterocycles. The van der Waals surface area contributed by atoms with Crippen LogP contribution in [0.1, 0.15) is 5.56 Å². The molecule has 0 saturated carbocycles. The van der Waals surface area contributed by atoms with Crippen LogP contribution >= 0.6 is 0 Å². The van der Waals surface area contributed by atoms with E-state index in [1.165, 1.54) is 25.4 Å². The number of fused-ring (bicyclic) bond motifs is 1. The number of anilines is 2. The van der Waals surface area contributed by atoms with Crippen LogP contribution in [-0.4, -0.2) is 42.8 Å². The number of benzene rings is 2. The number of nitrogens with one attached hydrogen (secondary N) is 1. The van der Waals surface area contributed by atoms with Gasteiger partial charge in [-0.15, -0.1) is 0 Å². The van der Waals surface area contributed by atoms with Crippen molar-refractivity contribution >= 4 is 32.4 Å². The topological polar surface area (TPSA) is 129 Å². The zero-order valence-electron chi connectivity index (χ0n) is 18.4. The lowest BCUT2D eigenvalue weighted by Gasteiger charge is -2.16. The molecule has 0 radical (unpaired) electrons. The molecule has 2 aromatic heterocycles. The van der Waals surface area contributed by atoms with E-state index in [1.54, 1.807) is 36.5 Å². The fourth-order valence-corrected chi connectivity index (χ4v) is 4.39. The summed E-state index contributed by atoms with van der Waals surface area (Å²) >= 11 is 0. The van der Waals surface area contributed by atoms with Gasteiger partial charge in [0.1, 0.15) is 11.6 Å². The smallest absolute Gasteiger partial charge is 0.235 e. The van der Waals surface area contributed by atoms with Crippen LogP contribution in [0.5, 0.6) is 11.6 Å². The number of methoxy groups -OCH3 is 1. The molecule has 0 aliphatic rings. The van der Waals surface area contributed by atoms with E-state index in [1.807, 2.05) is 6.92 Å². The third-order valence-electron chi connectivity index (χ3n) is 5.03. The van der Waals surface area contributed by atoms with E-state index >= 15 is 0 Å². The first-order chi connectivity index (χ1) is 16.3. The van der Waals surface area contributed by atoms with Gasteiger partial charge in [0.2, 0.25) is 21.9 Å². The molecule has 4 aromatic rings. The normalized spacial score (nSPS) is 11.5. The third-order valence-corrected chi connectivity index (χ3v) is 6.25. The predicted octanol–water partition coefficient (Wildman–Crippen LogP) is 3.90. The van der Waals surface area contributed by atoms with Crippen LogP contribution in [0, 0.1) is 12.7 Å². The van der Waals surface area contributed by atoms with Gasteiger partial charge in [-0.25, -0.2) is 27.8 Å². The Morgan fingerprint density at radius 1 is 1.06 bits per heavy atom. The first-order valence-corrected chi connectivity index (χ1v) is 11.9. The molecule has 2 heterocycles. The summed E-state index contributed by atoms with van der Waals surface area (Å²) in [5, 5.41) is 0.843. The standard InChI is InChI=1S/C23H22FN5O4S/c1-14-5-6-15-16(7-8-18(24)20(15)29-34(30,31)13-12-32-2)21(14)33-22-17(4-3-10-26-22)19-9-11-27-23(25)28-19/h3-11,29H,12-13H2,1-2H3,(H2,25,27,28). The zero-order chi connectivity index (χ0) is 24.3. The van der Waals surface area contributed by atoms with Gasteiger partial charge < -0.3 is 15.2 Å². The summed E-state index contributed by atoms with van der Waals surface area (Å²) in [6.45, 7) is 1.80. The molecule has 0 atom stereocenters. The Kier molecular flexibility index (Phi) is 6.57. The molecule has 176 valence electrons. The van der Waals surface area contributed by atoms with Crippen molar-refractivity contribution in [1.82, 2.24) is 15.0 Å². The molecule has 0 saturated heterocycles. The summed E-state index contributed by atoms with van der Waals surface area (Å²) in [5.41, 5.74) is 7.40. The summed E-state index contributed by atoms with van der Waals surface area (Å²) in [5.74, 6) is -0.263. The molecular formula is C23H22FN5O4S. The highest BCUT2D eigenvalue weighted by Crippen LogP contribution is 2.39. The molecule has 3 N–H and O–H groups in total. The van der Waals surface area contributed by atoms with E-state index in [4.69, 9.17) is 15.2 Å². The third kappa shape index (κ3) is 4.90. The molecule has 11 heteroatoms. The first-order valence-electron chi connectivity index (χ1n) is 10.2. The minimum atomic E-state index is -3.83. The van der Waals surface area contributed by atoms with Crippen LogP contribution in [0.15, 0.2) is 54.9 Å². The van der Waals surface area contributed by atoms with Gasteiger partial charge in [0.05, 0.1) is 29.3 Å². The van der Waals surface area contributed by atoms with Crippen LogP contribution < -0.4 is 15.2 Å². The van der Waals surface area contributed by atoms with Crippen LogP contribution in [0.3, 0.4) is 0 Å². The van der Waals surface area contributed by atoms with Gasteiger partial charge >= 0.3 is 0 Å². The SMILES string of the molecule is COCCS(=O)(=O)Nc1c(F)ccc2c(Oc3ncccc3-c3ccnc(N)n3)c(C)ccc12. The van der Waals surface area contributed by atoms with Crippen molar-refractivity contribution in [2.24, 2.45) is 0 Å². The highest BCUT2D eigenvalue weighted by Gasteiger charge is 2.20. The number of nitrogen functional groups attached to an aromatic ring is 1. The molecule has 0 spiro atoms. The largest absolute Gasteiger partial charge is 0.437 e. The fourth-order valence-electron chi connectivity index (χ4n) is 3.39. The van der Waals surface area contributed by atoms with E-state index in [2.05, 4.69) is 19.7 Å². The number of aryl methyl sites for hydroxylation is 1. The Bertz CT molecular complexity index is 1460. The van der Waals surface area contributed by atoms with Crippen LogP contribution in [0.2, 0.25) is 0 Å². The molecule has 0 amide bonds. The van der Waals surface area contributed by atoms with E-state index in [0.29, 0.717) is 27.8 Å². The summed E-state index contributed by atoms with van der Waals surface area (Å²) in [6, 6.07) is 11.3. The molecule has 4 rings (SSSR count). The number of hydrogen-bond acceptors (Lipinski definition) is 8. The molecule has 0 unspecified atom stereocenters. The first kappa shape index (κ1) is 23.3. The predicted molar refractivity (Wildman–Crippen MR) is 128 cm³/mol. The van der Waals surface area contributed by atoms with E-state index in [9.17, 15) is 12.8 Å². The summed E-state index contributed by atoms with van der Waals surface area (Å²) < 4.78 is 52.9. The van der Waals surface area contributed by atoms with Gasteiger partial charge in [-0.1, -0.05) is 12.1 Å². The second-order valence-corrected chi connectivity index (χ2v) is 9.24. The monoisotopic (exact) mass is 483 g/mol. The van der Waals surface area contributed by atoms with Crippen LogP contribution in [0.4, 0.5) is 16.0 Å². The van der Waals surface area contributed by atoms with Crippen molar-refractivity contribution in [2.75, 3.05) is 29.9 Å². The highest BCUT2D eigenvalue weighted by molar-refractivity contribution is 7.92. The highest BCUT2D eigenvalue weighted by atomic mass is 32.2. The lowest BCUT2D eigenvalue weighted by atomic mass is 10.0. The lowest BCUT2D eigenvalue weighted by Crippen LogP contribution is -2.20. The quantitative estimate of drug-likeness (QED) is 0.386. The van der Waals surface area contributed by atoms with E-state index in [0.717, 1.165) is 5.56 Å². The van der Waals surface area contributed by atoms with Crippen molar-refractivity contribution in [3.63, 3.8) is 0 Å². The Balaban J connectivity index is 1.81. The van der Waals surface area contributed by atoms with Crippen LogP contribution in [-0.2, 0) is 14.8 Å². The summed E-state index contributed by atoms with van der Waals surface area (Å²) in [6.07, 6.45) is 3.10. The second-order valence-electron chi connectivity index (χ2n) is 7.40. The number of halogens is 1. The number of pyridine rings is 1. The Morgan fingerprint density at radius 3 is 2.62 bits per heavy atom. The van der Waals surface area contributed by atoms with E-state index in [-0.39, 0.29) is 29.9 Å². The molecule has 9 nitrogen and oxygen atoms in total. The number of ether oxygens (including phenoxy) is 2. The Labute approximate surface area is 195 Å². The van der Waals surface area contributed by atoms with E-state index < -0.39 is 15.8 Å². The minimum Gasteiger partial charge on any atom is -0.437 e. The maximum atomic E-state index is 14.7. The van der Waals surface area contributed by atoms with Crippen molar-refractivity contribution < 1.29 is 22.3 Å². The number of hydrogen-bond donors (Lipinski definition) is 2. The summed E-state index contributed by atoms with van der Waals surface area (Å²) in [7, 11) is -2.44. The minimum absolute atomic E-state index is 0.0226. The zero-order valence-corrected chi connectivity index (χ0v) is 19.3. The van der Waals surface area contributed by atoms with Crippen molar-refractivity contribution in [3.8, 4) is 22.9 Å². The number of sulfonamides is 1. The average Bonchev–Trinajstić information content (AvgIpc) is 2.81. The fraction of sp³-hybridized carbons (Fsp3) is 0.174. The maximum absolute atomic E-state index is 14.7. The molecule has 0 aliphatic carbocycles. The maximum Gasteiger partial charge on any atom is 0.235 e. The van der Waals surface area contributed by atoms with Crippen molar-refractivity contribution in [3.05, 3.63) is 66.2 Å². The number of aromatic nitrogens is 3.